The molecule has 2 bridgehead atoms. The van der Waals surface area contributed by atoms with Crippen LogP contribution in [0.2, 0.25) is 0 Å². The van der Waals surface area contributed by atoms with Crippen molar-refractivity contribution in [1.82, 2.24) is 9.97 Å². The first-order chi connectivity index (χ1) is 11.5. The third kappa shape index (κ3) is 3.01. The predicted octanol–water partition coefficient (Wildman–Crippen LogP) is 3.30. The molecule has 5 rings (SSSR count). The normalized spacial score (nSPS) is 34.6. The molecule has 4 saturated carbocycles. The van der Waals surface area contributed by atoms with Crippen LogP contribution < -0.4 is 11.1 Å². The zero-order valence-corrected chi connectivity index (χ0v) is 14.6. The van der Waals surface area contributed by atoms with Crippen LogP contribution in [0.25, 0.3) is 0 Å². The Balaban J connectivity index is 1.51. The van der Waals surface area contributed by atoms with E-state index in [1.807, 2.05) is 0 Å². The number of nitrogens with two attached hydrogens (primary N) is 1. The molecule has 4 aliphatic rings. The topological polar surface area (TPSA) is 80.9 Å². The van der Waals surface area contributed by atoms with Gasteiger partial charge in [-0.3, -0.25) is 4.79 Å². The van der Waals surface area contributed by atoms with E-state index in [-0.39, 0.29) is 0 Å². The van der Waals surface area contributed by atoms with Crippen LogP contribution in [-0.2, 0) is 6.42 Å². The molecule has 1 amide bonds. The number of nitrogens with zero attached hydrogens (tertiary/aromatic N) is 2. The number of hydrogen-bond donors (Lipinski definition) is 2. The summed E-state index contributed by atoms with van der Waals surface area (Å²) in [5.74, 6) is 1.99. The summed E-state index contributed by atoms with van der Waals surface area (Å²) in [5.41, 5.74) is 7.28. The lowest BCUT2D eigenvalue weighted by Gasteiger charge is -2.38. The van der Waals surface area contributed by atoms with Crippen LogP contribution >= 0.6 is 0 Å². The highest BCUT2D eigenvalue weighted by atomic mass is 16.1. The van der Waals surface area contributed by atoms with E-state index < -0.39 is 5.91 Å². The number of carbonyl (C=O) groups excluding carboxylic acids is 1. The van der Waals surface area contributed by atoms with Crippen LogP contribution in [0.1, 0.15) is 74.3 Å². The quantitative estimate of drug-likeness (QED) is 0.869. The second-order valence-electron chi connectivity index (χ2n) is 8.51. The molecule has 0 radical (unpaired) electrons. The second-order valence-corrected chi connectivity index (χ2v) is 8.51. The van der Waals surface area contributed by atoms with Gasteiger partial charge in [-0.25, -0.2) is 9.97 Å². The first kappa shape index (κ1) is 15.9. The minimum absolute atomic E-state index is 0.376. The number of aromatic nitrogens is 2. The molecule has 0 saturated heterocycles. The highest BCUT2D eigenvalue weighted by Gasteiger charge is 2.50. The zero-order chi connectivity index (χ0) is 16.7. The third-order valence-electron chi connectivity index (χ3n) is 6.55. The molecule has 0 aliphatic heterocycles. The first-order valence-corrected chi connectivity index (χ1v) is 9.45. The van der Waals surface area contributed by atoms with Crippen LogP contribution in [0, 0.1) is 17.3 Å². The summed E-state index contributed by atoms with van der Waals surface area (Å²) in [6, 6.07) is 0.450. The average Bonchev–Trinajstić information content (AvgIpc) is 3.10. The fourth-order valence-corrected chi connectivity index (χ4v) is 5.09. The summed E-state index contributed by atoms with van der Waals surface area (Å²) >= 11 is 0. The lowest BCUT2D eigenvalue weighted by molar-refractivity contribution is 0.0995. The number of nitrogens with one attached hydrogen (secondary N) is 1. The van der Waals surface area contributed by atoms with E-state index in [0.29, 0.717) is 23.0 Å². The maximum atomic E-state index is 11.8. The Bertz CT molecular complexity index is 625. The molecular weight excluding hydrogens is 300 g/mol. The van der Waals surface area contributed by atoms with Gasteiger partial charge in [0, 0.05) is 12.2 Å². The Morgan fingerprint density at radius 2 is 2.04 bits per heavy atom. The number of amides is 1. The van der Waals surface area contributed by atoms with Crippen molar-refractivity contribution < 1.29 is 4.79 Å². The van der Waals surface area contributed by atoms with E-state index in [1.54, 1.807) is 6.20 Å². The van der Waals surface area contributed by atoms with E-state index in [0.717, 1.165) is 24.0 Å². The van der Waals surface area contributed by atoms with Gasteiger partial charge in [0.25, 0.3) is 5.91 Å². The van der Waals surface area contributed by atoms with Crippen molar-refractivity contribution in [3.05, 3.63) is 17.5 Å². The first-order valence-electron chi connectivity index (χ1n) is 9.45. The minimum atomic E-state index is -0.409. The Kier molecular flexibility index (Phi) is 3.97. The summed E-state index contributed by atoms with van der Waals surface area (Å²) in [6.07, 6.45) is 12.5. The maximum Gasteiger partial charge on any atom is 0.252 e. The van der Waals surface area contributed by atoms with Gasteiger partial charge >= 0.3 is 0 Å². The van der Waals surface area contributed by atoms with Gasteiger partial charge in [-0.05, 0) is 75.0 Å². The SMILES string of the molecule is CC1CCC(Nc2ncc(C(N)=O)c(CC34CCC(C3)C4)n2)CC1. The molecule has 4 aliphatic carbocycles. The van der Waals surface area contributed by atoms with Crippen molar-refractivity contribution in [2.45, 2.75) is 70.8 Å². The Morgan fingerprint density at radius 3 is 2.67 bits per heavy atom. The fraction of sp³-hybridized carbons (Fsp3) is 0.737. The monoisotopic (exact) mass is 328 g/mol. The standard InChI is InChI=1S/C19H28N4O/c1-12-2-4-14(5-3-12)22-18-21-11-15(17(20)24)16(23-18)10-19-7-6-13(8-19)9-19/h11-14H,2-10H2,1H3,(H2,20,24)(H,21,22,23). The van der Waals surface area contributed by atoms with Crippen LogP contribution in [0.4, 0.5) is 5.95 Å². The number of primary amides is 1. The highest BCUT2D eigenvalue weighted by molar-refractivity contribution is 5.93. The van der Waals surface area contributed by atoms with Gasteiger partial charge in [0.1, 0.15) is 0 Å². The van der Waals surface area contributed by atoms with Gasteiger partial charge in [0.05, 0.1) is 11.3 Å². The van der Waals surface area contributed by atoms with Gasteiger partial charge in [0.15, 0.2) is 0 Å². The van der Waals surface area contributed by atoms with Crippen molar-refractivity contribution in [3.63, 3.8) is 0 Å². The molecule has 24 heavy (non-hydrogen) atoms. The molecule has 1 aromatic heterocycles. The van der Waals surface area contributed by atoms with Gasteiger partial charge in [-0.1, -0.05) is 6.92 Å². The summed E-state index contributed by atoms with van der Waals surface area (Å²) in [5, 5.41) is 3.48. The highest BCUT2D eigenvalue weighted by Crippen LogP contribution is 2.60. The molecule has 0 atom stereocenters. The van der Waals surface area contributed by atoms with Gasteiger partial charge in [-0.15, -0.1) is 0 Å². The molecule has 5 nitrogen and oxygen atoms in total. The van der Waals surface area contributed by atoms with Crippen LogP contribution in [-0.4, -0.2) is 21.9 Å². The average molecular weight is 328 g/mol. The van der Waals surface area contributed by atoms with Gasteiger partial charge in [-0.2, -0.15) is 0 Å². The van der Waals surface area contributed by atoms with Crippen LogP contribution in [0.5, 0.6) is 0 Å². The molecular formula is C19H28N4O. The number of carbonyl (C=O) groups is 1. The van der Waals surface area contributed by atoms with Crippen molar-refractivity contribution in [1.29, 1.82) is 0 Å². The number of rotatable bonds is 5. The summed E-state index contributed by atoms with van der Waals surface area (Å²) < 4.78 is 0. The summed E-state index contributed by atoms with van der Waals surface area (Å²) in [4.78, 5) is 20.9. The lowest BCUT2D eigenvalue weighted by Crippen LogP contribution is -2.32. The van der Waals surface area contributed by atoms with E-state index in [4.69, 9.17) is 10.7 Å². The molecule has 0 spiro atoms. The van der Waals surface area contributed by atoms with Crippen molar-refractivity contribution >= 4 is 11.9 Å². The van der Waals surface area contributed by atoms with E-state index in [2.05, 4.69) is 17.2 Å². The molecule has 1 aromatic rings. The fourth-order valence-electron chi connectivity index (χ4n) is 5.09. The van der Waals surface area contributed by atoms with Crippen LogP contribution in [0.3, 0.4) is 0 Å². The molecule has 5 heteroatoms. The number of anilines is 1. The number of hydrogen-bond acceptors (Lipinski definition) is 4. The van der Waals surface area contributed by atoms with E-state index in [9.17, 15) is 4.79 Å². The second kappa shape index (κ2) is 6.01. The zero-order valence-electron chi connectivity index (χ0n) is 14.6. The van der Waals surface area contributed by atoms with E-state index >= 15 is 0 Å². The Morgan fingerprint density at radius 1 is 1.29 bits per heavy atom. The molecule has 130 valence electrons. The van der Waals surface area contributed by atoms with E-state index in [1.165, 1.54) is 51.4 Å². The van der Waals surface area contributed by atoms with Gasteiger partial charge < -0.3 is 11.1 Å². The van der Waals surface area contributed by atoms with Crippen molar-refractivity contribution in [2.24, 2.45) is 23.0 Å². The number of fused-ring (bicyclic) bond motifs is 1. The third-order valence-corrected chi connectivity index (χ3v) is 6.55. The lowest BCUT2D eigenvalue weighted by atomic mass is 9.67. The Hall–Kier alpha value is -1.65. The largest absolute Gasteiger partial charge is 0.365 e. The van der Waals surface area contributed by atoms with Gasteiger partial charge in [0.2, 0.25) is 5.95 Å². The minimum Gasteiger partial charge on any atom is -0.365 e. The molecule has 0 aromatic carbocycles. The Labute approximate surface area is 143 Å². The maximum absolute atomic E-state index is 11.8. The van der Waals surface area contributed by atoms with Crippen molar-refractivity contribution in [3.8, 4) is 0 Å². The predicted molar refractivity (Wildman–Crippen MR) is 93.7 cm³/mol. The van der Waals surface area contributed by atoms with Crippen LogP contribution in [0.15, 0.2) is 6.20 Å². The molecule has 0 unspecified atom stereocenters. The summed E-state index contributed by atoms with van der Waals surface area (Å²) in [7, 11) is 0. The smallest absolute Gasteiger partial charge is 0.252 e. The molecule has 3 N–H and O–H groups in total. The van der Waals surface area contributed by atoms with Crippen molar-refractivity contribution in [2.75, 3.05) is 5.32 Å². The molecule has 1 heterocycles. The summed E-state index contributed by atoms with van der Waals surface area (Å²) in [6.45, 7) is 2.32. The molecule has 4 fully saturated rings.